The Kier molecular flexibility index (Phi) is 7.12. The molecule has 2 aromatic rings. The monoisotopic (exact) mass is 495 g/mol. The van der Waals surface area contributed by atoms with E-state index in [1.165, 1.54) is 20.0 Å². The van der Waals surface area contributed by atoms with Crippen molar-refractivity contribution in [2.75, 3.05) is 36.4 Å². The summed E-state index contributed by atoms with van der Waals surface area (Å²) in [6.07, 6.45) is 4.67. The molecule has 0 spiro atoms. The van der Waals surface area contributed by atoms with Gasteiger partial charge in [0.2, 0.25) is 5.91 Å². The number of anilines is 2. The molecule has 0 atom stereocenters. The first-order valence-electron chi connectivity index (χ1n) is 11.2. The van der Waals surface area contributed by atoms with E-state index in [9.17, 15) is 14.4 Å². The summed E-state index contributed by atoms with van der Waals surface area (Å²) < 4.78 is 10.3. The molecule has 35 heavy (non-hydrogen) atoms. The average Bonchev–Trinajstić information content (AvgIpc) is 2.82. The van der Waals surface area contributed by atoms with E-state index in [-0.39, 0.29) is 11.5 Å². The summed E-state index contributed by atoms with van der Waals surface area (Å²) in [6.45, 7) is 5.30. The largest absolute Gasteiger partial charge is 0.419 e. The zero-order chi connectivity index (χ0) is 25.0. The number of carbonyl (C=O) groups is 3. The highest BCUT2D eigenvalue weighted by atomic mass is 35.5. The lowest BCUT2D eigenvalue weighted by molar-refractivity contribution is -0.222. The van der Waals surface area contributed by atoms with Crippen LogP contribution >= 0.6 is 11.6 Å². The number of hydrogen-bond acceptors (Lipinski definition) is 7. The third-order valence-corrected chi connectivity index (χ3v) is 5.83. The number of hydrogen-bond donors (Lipinski definition) is 1. The molecule has 2 aromatic carbocycles. The number of amides is 1. The fourth-order valence-electron chi connectivity index (χ4n) is 3.83. The molecule has 0 unspecified atom stereocenters. The lowest BCUT2D eigenvalue weighted by Gasteiger charge is -2.36. The first-order chi connectivity index (χ1) is 16.7. The van der Waals surface area contributed by atoms with E-state index in [0.717, 1.165) is 11.3 Å². The van der Waals surface area contributed by atoms with Crippen LogP contribution in [0.15, 0.2) is 66.4 Å². The lowest BCUT2D eigenvalue weighted by Crippen LogP contribution is -2.48. The number of cyclic esters (lactones) is 2. The van der Waals surface area contributed by atoms with Crippen LogP contribution in [0.4, 0.5) is 11.4 Å². The van der Waals surface area contributed by atoms with Crippen molar-refractivity contribution in [1.82, 2.24) is 4.90 Å². The van der Waals surface area contributed by atoms with Crippen LogP contribution in [0.2, 0.25) is 5.02 Å². The van der Waals surface area contributed by atoms with E-state index in [4.69, 9.17) is 21.1 Å². The van der Waals surface area contributed by atoms with Gasteiger partial charge in [-0.3, -0.25) is 4.79 Å². The van der Waals surface area contributed by atoms with Crippen LogP contribution in [-0.4, -0.2) is 54.7 Å². The minimum absolute atomic E-state index is 0.0371. The van der Waals surface area contributed by atoms with Crippen molar-refractivity contribution in [3.05, 3.63) is 77.0 Å². The second-order valence-corrected chi connectivity index (χ2v) is 9.04. The maximum absolute atomic E-state index is 12.6. The molecule has 182 valence electrons. The van der Waals surface area contributed by atoms with E-state index >= 15 is 0 Å². The van der Waals surface area contributed by atoms with Crippen LogP contribution < -0.4 is 10.2 Å². The molecule has 2 saturated heterocycles. The Labute approximate surface area is 208 Å². The molecule has 0 aliphatic carbocycles. The van der Waals surface area contributed by atoms with Gasteiger partial charge in [-0.2, -0.15) is 0 Å². The molecule has 4 rings (SSSR count). The number of nitrogens with zero attached hydrogens (tertiary/aromatic N) is 2. The van der Waals surface area contributed by atoms with Gasteiger partial charge in [-0.1, -0.05) is 41.9 Å². The minimum atomic E-state index is -1.31. The first kappa shape index (κ1) is 24.3. The van der Waals surface area contributed by atoms with Crippen LogP contribution in [0.1, 0.15) is 19.4 Å². The van der Waals surface area contributed by atoms with Crippen molar-refractivity contribution in [3.8, 4) is 0 Å². The van der Waals surface area contributed by atoms with Crippen molar-refractivity contribution in [2.45, 2.75) is 19.6 Å². The molecule has 2 heterocycles. The average molecular weight is 496 g/mol. The van der Waals surface area contributed by atoms with Crippen LogP contribution in [0, 0.1) is 0 Å². The SMILES string of the molecule is CC1(C)OC(=O)C(=CNc2cc(Cl)ccc2N2CCN(C(=O)C=Cc3ccccc3)CC2)C(=O)O1. The third-order valence-electron chi connectivity index (χ3n) is 5.60. The molecule has 0 bridgehead atoms. The van der Waals surface area contributed by atoms with Gasteiger partial charge in [0, 0.05) is 57.3 Å². The molecule has 1 N–H and O–H groups in total. The highest BCUT2D eigenvalue weighted by Gasteiger charge is 2.39. The van der Waals surface area contributed by atoms with Crippen molar-refractivity contribution >= 4 is 46.9 Å². The number of rotatable bonds is 5. The molecule has 0 aromatic heterocycles. The third kappa shape index (κ3) is 6.02. The number of ether oxygens (including phenoxy) is 2. The topological polar surface area (TPSA) is 88.2 Å². The Hall–Kier alpha value is -3.78. The molecule has 2 aliphatic heterocycles. The van der Waals surface area contributed by atoms with Gasteiger partial charge < -0.3 is 24.6 Å². The summed E-state index contributed by atoms with van der Waals surface area (Å²) in [5, 5.41) is 3.49. The summed E-state index contributed by atoms with van der Waals surface area (Å²) in [5.74, 6) is -2.87. The Morgan fingerprint density at radius 2 is 1.66 bits per heavy atom. The fourth-order valence-corrected chi connectivity index (χ4v) is 4.00. The van der Waals surface area contributed by atoms with Crippen molar-refractivity contribution in [1.29, 1.82) is 0 Å². The predicted molar refractivity (Wildman–Crippen MR) is 134 cm³/mol. The lowest BCUT2D eigenvalue weighted by atomic mass is 10.2. The van der Waals surface area contributed by atoms with Gasteiger partial charge in [0.25, 0.3) is 5.79 Å². The molecule has 9 heteroatoms. The molecule has 8 nitrogen and oxygen atoms in total. The molecule has 2 fully saturated rings. The zero-order valence-electron chi connectivity index (χ0n) is 19.5. The summed E-state index contributed by atoms with van der Waals surface area (Å²) in [7, 11) is 0. The smallest absolute Gasteiger partial charge is 0.350 e. The van der Waals surface area contributed by atoms with Gasteiger partial charge in [-0.05, 0) is 29.8 Å². The molecule has 2 aliphatic rings. The normalized spacial score (nSPS) is 17.7. The molecule has 1 amide bonds. The number of piperazine rings is 1. The van der Waals surface area contributed by atoms with Crippen molar-refractivity contribution in [2.24, 2.45) is 0 Å². The Bertz CT molecular complexity index is 1160. The van der Waals surface area contributed by atoms with E-state index < -0.39 is 17.7 Å². The number of halogens is 1. The quantitative estimate of drug-likeness (QED) is 0.383. The van der Waals surface area contributed by atoms with Gasteiger partial charge in [-0.15, -0.1) is 0 Å². The van der Waals surface area contributed by atoms with E-state index in [0.29, 0.717) is 36.9 Å². The molecular formula is C26H26ClN3O5. The second kappa shape index (κ2) is 10.2. The Morgan fingerprint density at radius 1 is 1.00 bits per heavy atom. The highest BCUT2D eigenvalue weighted by Crippen LogP contribution is 2.31. The van der Waals surface area contributed by atoms with Crippen LogP contribution in [0.3, 0.4) is 0 Å². The highest BCUT2D eigenvalue weighted by molar-refractivity contribution is 6.31. The Balaban J connectivity index is 1.42. The fraction of sp³-hybridized carbons (Fsp3) is 0.269. The van der Waals surface area contributed by atoms with E-state index in [2.05, 4.69) is 10.2 Å². The number of nitrogens with one attached hydrogen (secondary N) is 1. The summed E-state index contributed by atoms with van der Waals surface area (Å²) in [6, 6.07) is 15.0. The van der Waals surface area contributed by atoms with Gasteiger partial charge in [0.15, 0.2) is 5.57 Å². The molecule has 0 radical (unpaired) electrons. The summed E-state index contributed by atoms with van der Waals surface area (Å²) in [5.41, 5.74) is 2.17. The van der Waals surface area contributed by atoms with Gasteiger partial charge in [-0.25, -0.2) is 9.59 Å². The second-order valence-electron chi connectivity index (χ2n) is 8.60. The zero-order valence-corrected chi connectivity index (χ0v) is 20.2. The van der Waals surface area contributed by atoms with Crippen LogP contribution in [0.5, 0.6) is 0 Å². The van der Waals surface area contributed by atoms with Crippen LogP contribution in [-0.2, 0) is 23.9 Å². The van der Waals surface area contributed by atoms with Crippen LogP contribution in [0.25, 0.3) is 6.08 Å². The minimum Gasteiger partial charge on any atom is -0.419 e. The molecule has 0 saturated carbocycles. The molecular weight excluding hydrogens is 470 g/mol. The van der Waals surface area contributed by atoms with Gasteiger partial charge in [0.05, 0.1) is 11.4 Å². The van der Waals surface area contributed by atoms with E-state index in [1.807, 2.05) is 42.5 Å². The summed E-state index contributed by atoms with van der Waals surface area (Å²) in [4.78, 5) is 41.0. The predicted octanol–water partition coefficient (Wildman–Crippen LogP) is 3.83. The van der Waals surface area contributed by atoms with Gasteiger partial charge in [0.1, 0.15) is 0 Å². The van der Waals surface area contributed by atoms with Crippen molar-refractivity contribution < 1.29 is 23.9 Å². The maximum atomic E-state index is 12.6. The summed E-state index contributed by atoms with van der Waals surface area (Å²) >= 11 is 6.20. The van der Waals surface area contributed by atoms with Gasteiger partial charge >= 0.3 is 11.9 Å². The standard InChI is InChI=1S/C26H26ClN3O5/c1-26(2)34-24(32)20(25(33)35-26)17-28-21-16-19(27)9-10-22(21)29-12-14-30(15-13-29)23(31)11-8-18-6-4-3-5-7-18/h3-11,16-17,28H,12-15H2,1-2H3. The number of carbonyl (C=O) groups excluding carboxylic acids is 3. The van der Waals surface area contributed by atoms with E-state index in [1.54, 1.807) is 23.1 Å². The Morgan fingerprint density at radius 3 is 2.31 bits per heavy atom. The first-order valence-corrected chi connectivity index (χ1v) is 11.6. The maximum Gasteiger partial charge on any atom is 0.350 e. The number of esters is 2. The number of benzene rings is 2. The van der Waals surface area contributed by atoms with Crippen molar-refractivity contribution in [3.63, 3.8) is 0 Å².